The van der Waals surface area contributed by atoms with E-state index in [0.29, 0.717) is 44.5 Å². The average molecular weight is 373 g/mol. The summed E-state index contributed by atoms with van der Waals surface area (Å²) in [7, 11) is 0. The van der Waals surface area contributed by atoms with Crippen molar-refractivity contribution in [3.05, 3.63) is 41.3 Å². The summed E-state index contributed by atoms with van der Waals surface area (Å²) in [5.74, 6) is 1.84. The molecule has 1 N–H and O–H groups in total. The molecule has 0 radical (unpaired) electrons. The van der Waals surface area contributed by atoms with Gasteiger partial charge in [0.1, 0.15) is 13.2 Å². The Bertz CT molecular complexity index is 800. The smallest absolute Gasteiger partial charge is 0.273 e. The maximum atomic E-state index is 12.5. The van der Waals surface area contributed by atoms with Crippen LogP contribution in [0.5, 0.6) is 11.5 Å². The highest BCUT2D eigenvalue weighted by atomic mass is 16.6. The van der Waals surface area contributed by atoms with Gasteiger partial charge in [-0.25, -0.2) is 0 Å². The standard InChI is InChI=1S/C19H23N3O5/c1-13(14-2-3-17-18(10-14)26-9-8-25-17)20-19(23)16-11-15(27-21-16)12-22-4-6-24-7-5-22/h2-3,10-11,13H,4-9,12H2,1H3,(H,20,23). The van der Waals surface area contributed by atoms with Crippen molar-refractivity contribution >= 4 is 5.91 Å². The van der Waals surface area contributed by atoms with Gasteiger partial charge in [0.25, 0.3) is 5.91 Å². The van der Waals surface area contributed by atoms with E-state index in [1.54, 1.807) is 6.07 Å². The first-order valence-electron chi connectivity index (χ1n) is 9.15. The topological polar surface area (TPSA) is 86.1 Å². The van der Waals surface area contributed by atoms with E-state index in [0.717, 1.165) is 24.4 Å². The van der Waals surface area contributed by atoms with Gasteiger partial charge in [-0.15, -0.1) is 0 Å². The van der Waals surface area contributed by atoms with E-state index in [1.165, 1.54) is 0 Å². The Morgan fingerprint density at radius 1 is 1.15 bits per heavy atom. The molecule has 0 aliphatic carbocycles. The Balaban J connectivity index is 1.37. The molecular weight excluding hydrogens is 350 g/mol. The Hall–Kier alpha value is -2.58. The zero-order chi connectivity index (χ0) is 18.6. The van der Waals surface area contributed by atoms with Crippen LogP contribution < -0.4 is 14.8 Å². The molecule has 1 aromatic carbocycles. The van der Waals surface area contributed by atoms with Crippen LogP contribution in [0.3, 0.4) is 0 Å². The monoisotopic (exact) mass is 373 g/mol. The number of rotatable bonds is 5. The molecule has 0 saturated carbocycles. The van der Waals surface area contributed by atoms with Crippen LogP contribution in [0.2, 0.25) is 0 Å². The number of aromatic nitrogens is 1. The number of nitrogens with zero attached hydrogens (tertiary/aromatic N) is 2. The molecule has 1 unspecified atom stereocenters. The van der Waals surface area contributed by atoms with Crippen molar-refractivity contribution in [1.29, 1.82) is 0 Å². The maximum absolute atomic E-state index is 12.5. The van der Waals surface area contributed by atoms with Crippen LogP contribution in [0.25, 0.3) is 0 Å². The van der Waals surface area contributed by atoms with Crippen molar-refractivity contribution in [3.63, 3.8) is 0 Å². The molecule has 144 valence electrons. The molecule has 8 heteroatoms. The fraction of sp³-hybridized carbons (Fsp3) is 0.474. The zero-order valence-corrected chi connectivity index (χ0v) is 15.3. The number of fused-ring (bicyclic) bond motifs is 1. The molecule has 2 aromatic rings. The van der Waals surface area contributed by atoms with Gasteiger partial charge in [0.05, 0.1) is 25.8 Å². The van der Waals surface area contributed by atoms with Crippen LogP contribution in [-0.2, 0) is 11.3 Å². The molecule has 1 saturated heterocycles. The highest BCUT2D eigenvalue weighted by Crippen LogP contribution is 2.32. The largest absolute Gasteiger partial charge is 0.486 e. The number of carbonyl (C=O) groups is 1. The summed E-state index contributed by atoms with van der Waals surface area (Å²) in [6.45, 7) is 6.76. The van der Waals surface area contributed by atoms with E-state index in [2.05, 4.69) is 15.4 Å². The quantitative estimate of drug-likeness (QED) is 0.855. The van der Waals surface area contributed by atoms with Gasteiger partial charge in [0, 0.05) is 19.2 Å². The van der Waals surface area contributed by atoms with Gasteiger partial charge in [0.2, 0.25) is 0 Å². The second-order valence-electron chi connectivity index (χ2n) is 6.67. The minimum Gasteiger partial charge on any atom is -0.486 e. The minimum absolute atomic E-state index is 0.201. The number of hydrogen-bond donors (Lipinski definition) is 1. The van der Waals surface area contributed by atoms with Crippen LogP contribution in [0.1, 0.15) is 34.8 Å². The zero-order valence-electron chi connectivity index (χ0n) is 15.3. The maximum Gasteiger partial charge on any atom is 0.273 e. The molecule has 0 bridgehead atoms. The molecule has 2 aliphatic heterocycles. The predicted molar refractivity (Wildman–Crippen MR) is 95.9 cm³/mol. The number of benzene rings is 1. The normalized spacial score (nSPS) is 18.1. The summed E-state index contributed by atoms with van der Waals surface area (Å²) in [6.07, 6.45) is 0. The molecule has 3 heterocycles. The number of morpholine rings is 1. The number of carbonyl (C=O) groups excluding carboxylic acids is 1. The Labute approximate surface area is 157 Å². The van der Waals surface area contributed by atoms with E-state index in [4.69, 9.17) is 18.7 Å². The van der Waals surface area contributed by atoms with E-state index in [-0.39, 0.29) is 17.6 Å². The van der Waals surface area contributed by atoms with Gasteiger partial charge in [0.15, 0.2) is 23.0 Å². The molecule has 4 rings (SSSR count). The molecule has 1 amide bonds. The van der Waals surface area contributed by atoms with Gasteiger partial charge in [-0.3, -0.25) is 9.69 Å². The third-order valence-corrected chi connectivity index (χ3v) is 4.69. The first-order chi connectivity index (χ1) is 13.2. The third kappa shape index (κ3) is 4.23. The molecule has 1 atom stereocenters. The SMILES string of the molecule is CC(NC(=O)c1cc(CN2CCOCC2)on1)c1ccc2c(c1)OCCO2. The number of hydrogen-bond acceptors (Lipinski definition) is 7. The van der Waals surface area contributed by atoms with E-state index in [1.807, 2.05) is 25.1 Å². The molecule has 1 fully saturated rings. The molecule has 8 nitrogen and oxygen atoms in total. The molecular formula is C19H23N3O5. The lowest BCUT2D eigenvalue weighted by atomic mass is 10.1. The lowest BCUT2D eigenvalue weighted by Crippen LogP contribution is -2.35. The highest BCUT2D eigenvalue weighted by molar-refractivity contribution is 5.92. The Kier molecular flexibility index (Phi) is 5.26. The molecule has 0 spiro atoms. The lowest BCUT2D eigenvalue weighted by Gasteiger charge is -2.25. The van der Waals surface area contributed by atoms with Crippen molar-refractivity contribution in [1.82, 2.24) is 15.4 Å². The predicted octanol–water partition coefficient (Wildman–Crippen LogP) is 1.77. The van der Waals surface area contributed by atoms with Crippen LogP contribution >= 0.6 is 0 Å². The van der Waals surface area contributed by atoms with E-state index in [9.17, 15) is 4.79 Å². The fourth-order valence-electron chi connectivity index (χ4n) is 3.16. The Morgan fingerprint density at radius 2 is 1.93 bits per heavy atom. The number of ether oxygens (including phenoxy) is 3. The Morgan fingerprint density at radius 3 is 2.74 bits per heavy atom. The van der Waals surface area contributed by atoms with E-state index >= 15 is 0 Å². The summed E-state index contributed by atoms with van der Waals surface area (Å²) < 4.78 is 21.8. The minimum atomic E-state index is -0.269. The summed E-state index contributed by atoms with van der Waals surface area (Å²) in [5.41, 5.74) is 1.22. The van der Waals surface area contributed by atoms with Gasteiger partial charge < -0.3 is 24.1 Å². The second kappa shape index (κ2) is 7.98. The van der Waals surface area contributed by atoms with Gasteiger partial charge >= 0.3 is 0 Å². The lowest BCUT2D eigenvalue weighted by molar-refractivity contribution is 0.0305. The van der Waals surface area contributed by atoms with Crippen LogP contribution in [0.15, 0.2) is 28.8 Å². The van der Waals surface area contributed by atoms with E-state index < -0.39 is 0 Å². The summed E-state index contributed by atoms with van der Waals surface area (Å²) >= 11 is 0. The summed E-state index contributed by atoms with van der Waals surface area (Å²) in [4.78, 5) is 14.7. The third-order valence-electron chi connectivity index (χ3n) is 4.69. The van der Waals surface area contributed by atoms with Crippen molar-refractivity contribution in [2.45, 2.75) is 19.5 Å². The number of nitrogens with one attached hydrogen (secondary N) is 1. The van der Waals surface area contributed by atoms with Crippen molar-refractivity contribution in [2.75, 3.05) is 39.5 Å². The van der Waals surface area contributed by atoms with Gasteiger partial charge in [-0.2, -0.15) is 0 Å². The first-order valence-corrected chi connectivity index (χ1v) is 9.15. The van der Waals surface area contributed by atoms with Crippen LogP contribution in [0, 0.1) is 0 Å². The average Bonchev–Trinajstić information content (AvgIpc) is 3.17. The van der Waals surface area contributed by atoms with Gasteiger partial charge in [-0.1, -0.05) is 11.2 Å². The van der Waals surface area contributed by atoms with Crippen molar-refractivity contribution in [2.24, 2.45) is 0 Å². The van der Waals surface area contributed by atoms with Crippen LogP contribution in [-0.4, -0.2) is 55.5 Å². The molecule has 27 heavy (non-hydrogen) atoms. The second-order valence-corrected chi connectivity index (χ2v) is 6.67. The van der Waals surface area contributed by atoms with Gasteiger partial charge in [-0.05, 0) is 24.6 Å². The van der Waals surface area contributed by atoms with Crippen LogP contribution in [0.4, 0.5) is 0 Å². The molecule has 2 aliphatic rings. The molecule has 1 aromatic heterocycles. The fourth-order valence-corrected chi connectivity index (χ4v) is 3.16. The summed E-state index contributed by atoms with van der Waals surface area (Å²) in [5, 5.41) is 6.85. The number of amides is 1. The first kappa shape index (κ1) is 17.8. The van der Waals surface area contributed by atoms with Crippen molar-refractivity contribution in [3.8, 4) is 11.5 Å². The highest BCUT2D eigenvalue weighted by Gasteiger charge is 2.20. The summed E-state index contributed by atoms with van der Waals surface area (Å²) in [6, 6.07) is 7.18. The van der Waals surface area contributed by atoms with Crippen molar-refractivity contribution < 1.29 is 23.5 Å².